The van der Waals surface area contributed by atoms with Crippen LogP contribution in [-0.4, -0.2) is 32.0 Å². The first-order valence-electron chi connectivity index (χ1n) is 6.42. The smallest absolute Gasteiger partial charge is 0.251 e. The van der Waals surface area contributed by atoms with Crippen LogP contribution in [0.5, 0.6) is 5.75 Å². The number of ether oxygens (including phenoxy) is 1. The highest BCUT2D eigenvalue weighted by molar-refractivity contribution is 5.97. The van der Waals surface area contributed by atoms with Crippen molar-refractivity contribution in [2.75, 3.05) is 25.9 Å². The van der Waals surface area contributed by atoms with Crippen LogP contribution in [0.2, 0.25) is 0 Å². The first-order chi connectivity index (χ1) is 9.43. The normalized spacial score (nSPS) is 10.2. The summed E-state index contributed by atoms with van der Waals surface area (Å²) in [6.45, 7) is 4.53. The molecule has 6 nitrogen and oxygen atoms in total. The summed E-state index contributed by atoms with van der Waals surface area (Å²) in [5.41, 5.74) is 6.49. The van der Waals surface area contributed by atoms with Crippen LogP contribution in [0.1, 0.15) is 24.2 Å². The predicted molar refractivity (Wildman–Crippen MR) is 77.6 cm³/mol. The Labute approximate surface area is 118 Å². The molecule has 0 aliphatic heterocycles. The van der Waals surface area contributed by atoms with Gasteiger partial charge in [-0.1, -0.05) is 13.8 Å². The van der Waals surface area contributed by atoms with E-state index in [0.717, 1.165) is 0 Å². The van der Waals surface area contributed by atoms with Gasteiger partial charge in [0.15, 0.2) is 0 Å². The standard InChI is InChI=1S/C14H21N3O3/c1-9(2)7-16-13(18)8-17-14(19)10-4-5-12(20-3)11(15)6-10/h4-6,9H,7-8,15H2,1-3H3,(H,16,18)(H,17,19). The van der Waals surface area contributed by atoms with E-state index in [1.165, 1.54) is 13.2 Å². The van der Waals surface area contributed by atoms with Crippen LogP contribution < -0.4 is 21.1 Å². The molecule has 110 valence electrons. The third-order valence-corrected chi connectivity index (χ3v) is 2.61. The molecule has 0 radical (unpaired) electrons. The van der Waals surface area contributed by atoms with Crippen molar-refractivity contribution >= 4 is 17.5 Å². The SMILES string of the molecule is COc1ccc(C(=O)NCC(=O)NCC(C)C)cc1N. The van der Waals surface area contributed by atoms with Gasteiger partial charge in [0.05, 0.1) is 19.3 Å². The summed E-state index contributed by atoms with van der Waals surface area (Å²) in [6, 6.07) is 4.72. The molecule has 4 N–H and O–H groups in total. The summed E-state index contributed by atoms with van der Waals surface area (Å²) in [5, 5.41) is 5.26. The van der Waals surface area contributed by atoms with E-state index in [1.54, 1.807) is 12.1 Å². The van der Waals surface area contributed by atoms with E-state index in [4.69, 9.17) is 10.5 Å². The van der Waals surface area contributed by atoms with E-state index in [2.05, 4.69) is 10.6 Å². The molecule has 0 fully saturated rings. The average molecular weight is 279 g/mol. The third kappa shape index (κ3) is 4.79. The molecule has 0 atom stereocenters. The highest BCUT2D eigenvalue weighted by Crippen LogP contribution is 2.21. The average Bonchev–Trinajstić information content (AvgIpc) is 2.42. The lowest BCUT2D eigenvalue weighted by molar-refractivity contribution is -0.120. The molecule has 0 saturated carbocycles. The fourth-order valence-corrected chi connectivity index (χ4v) is 1.52. The number of methoxy groups -OCH3 is 1. The van der Waals surface area contributed by atoms with E-state index in [9.17, 15) is 9.59 Å². The van der Waals surface area contributed by atoms with Crippen molar-refractivity contribution in [3.05, 3.63) is 23.8 Å². The van der Waals surface area contributed by atoms with Crippen molar-refractivity contribution in [2.45, 2.75) is 13.8 Å². The second-order valence-electron chi connectivity index (χ2n) is 4.84. The molecule has 0 aliphatic rings. The second-order valence-corrected chi connectivity index (χ2v) is 4.84. The molecule has 0 bridgehead atoms. The molecule has 0 heterocycles. The molecule has 2 amide bonds. The molecule has 1 rings (SSSR count). The number of carbonyl (C=O) groups excluding carboxylic acids is 2. The molecular weight excluding hydrogens is 258 g/mol. The summed E-state index contributed by atoms with van der Waals surface area (Å²) < 4.78 is 5.01. The fraction of sp³-hybridized carbons (Fsp3) is 0.429. The lowest BCUT2D eigenvalue weighted by atomic mass is 10.1. The first-order valence-corrected chi connectivity index (χ1v) is 6.42. The van der Waals surface area contributed by atoms with Gasteiger partial charge in [-0.2, -0.15) is 0 Å². The zero-order valence-electron chi connectivity index (χ0n) is 12.0. The van der Waals surface area contributed by atoms with E-state index in [-0.39, 0.29) is 18.4 Å². The number of amides is 2. The lowest BCUT2D eigenvalue weighted by Crippen LogP contribution is -2.38. The van der Waals surface area contributed by atoms with Crippen molar-refractivity contribution in [3.8, 4) is 5.75 Å². The number of nitrogens with one attached hydrogen (secondary N) is 2. The van der Waals surface area contributed by atoms with Gasteiger partial charge in [-0.15, -0.1) is 0 Å². The number of carbonyl (C=O) groups is 2. The Kier molecular flexibility index (Phi) is 5.83. The minimum Gasteiger partial charge on any atom is -0.495 e. The minimum atomic E-state index is -0.348. The molecule has 0 spiro atoms. The van der Waals surface area contributed by atoms with Crippen molar-refractivity contribution in [3.63, 3.8) is 0 Å². The maximum Gasteiger partial charge on any atom is 0.251 e. The Hall–Kier alpha value is -2.24. The van der Waals surface area contributed by atoms with Gasteiger partial charge in [-0.05, 0) is 24.1 Å². The van der Waals surface area contributed by atoms with E-state index in [0.29, 0.717) is 29.5 Å². The molecule has 0 aliphatic carbocycles. The van der Waals surface area contributed by atoms with Crippen molar-refractivity contribution in [1.82, 2.24) is 10.6 Å². The Balaban J connectivity index is 2.51. The van der Waals surface area contributed by atoms with E-state index >= 15 is 0 Å². The molecule has 20 heavy (non-hydrogen) atoms. The van der Waals surface area contributed by atoms with Gasteiger partial charge < -0.3 is 21.1 Å². The Bertz CT molecular complexity index is 487. The van der Waals surface area contributed by atoms with E-state index < -0.39 is 0 Å². The summed E-state index contributed by atoms with van der Waals surface area (Å²) in [4.78, 5) is 23.3. The minimum absolute atomic E-state index is 0.0580. The van der Waals surface area contributed by atoms with E-state index in [1.807, 2.05) is 13.8 Å². The Morgan fingerprint density at radius 3 is 2.55 bits per heavy atom. The van der Waals surface area contributed by atoms with Crippen molar-refractivity contribution in [1.29, 1.82) is 0 Å². The monoisotopic (exact) mass is 279 g/mol. The topological polar surface area (TPSA) is 93.4 Å². The second kappa shape index (κ2) is 7.37. The largest absolute Gasteiger partial charge is 0.495 e. The molecule has 6 heteroatoms. The predicted octanol–water partition coefficient (Wildman–Crippen LogP) is 0.779. The molecule has 0 unspecified atom stereocenters. The van der Waals surface area contributed by atoms with Crippen molar-refractivity contribution in [2.24, 2.45) is 5.92 Å². The maximum atomic E-state index is 11.9. The lowest BCUT2D eigenvalue weighted by Gasteiger charge is -2.10. The summed E-state index contributed by atoms with van der Waals surface area (Å²) >= 11 is 0. The van der Waals surface area contributed by atoms with Crippen molar-refractivity contribution < 1.29 is 14.3 Å². The number of benzene rings is 1. The van der Waals surface area contributed by atoms with Gasteiger partial charge in [0.25, 0.3) is 5.91 Å². The zero-order chi connectivity index (χ0) is 15.1. The fourth-order valence-electron chi connectivity index (χ4n) is 1.52. The van der Waals surface area contributed by atoms with Crippen LogP contribution in [0, 0.1) is 5.92 Å². The molecular formula is C14H21N3O3. The Morgan fingerprint density at radius 2 is 2.00 bits per heavy atom. The van der Waals surface area contributed by atoms with Gasteiger partial charge in [0.1, 0.15) is 5.75 Å². The number of nitrogen functional groups attached to an aromatic ring is 1. The van der Waals surface area contributed by atoms with Gasteiger partial charge in [0.2, 0.25) is 5.91 Å². The number of hydrogen-bond donors (Lipinski definition) is 3. The number of anilines is 1. The quantitative estimate of drug-likeness (QED) is 0.671. The van der Waals surface area contributed by atoms with Crippen LogP contribution in [0.4, 0.5) is 5.69 Å². The maximum absolute atomic E-state index is 11.9. The highest BCUT2D eigenvalue weighted by Gasteiger charge is 2.10. The first kappa shape index (κ1) is 15.8. The number of nitrogens with two attached hydrogens (primary N) is 1. The number of rotatable bonds is 6. The van der Waals surface area contributed by atoms with Crippen LogP contribution >= 0.6 is 0 Å². The molecule has 1 aromatic rings. The van der Waals surface area contributed by atoms with Gasteiger partial charge in [-0.25, -0.2) is 0 Å². The van der Waals surface area contributed by atoms with Crippen LogP contribution in [0.25, 0.3) is 0 Å². The van der Waals surface area contributed by atoms with Gasteiger partial charge >= 0.3 is 0 Å². The Morgan fingerprint density at radius 1 is 1.30 bits per heavy atom. The number of hydrogen-bond acceptors (Lipinski definition) is 4. The van der Waals surface area contributed by atoms with Gasteiger partial charge in [-0.3, -0.25) is 9.59 Å². The van der Waals surface area contributed by atoms with Crippen LogP contribution in [-0.2, 0) is 4.79 Å². The third-order valence-electron chi connectivity index (χ3n) is 2.61. The van der Waals surface area contributed by atoms with Crippen LogP contribution in [0.3, 0.4) is 0 Å². The zero-order valence-corrected chi connectivity index (χ0v) is 12.0. The summed E-state index contributed by atoms with van der Waals surface area (Å²) in [5.74, 6) is 0.319. The molecule has 0 saturated heterocycles. The summed E-state index contributed by atoms with van der Waals surface area (Å²) in [7, 11) is 1.50. The summed E-state index contributed by atoms with van der Waals surface area (Å²) in [6.07, 6.45) is 0. The molecule has 1 aromatic carbocycles. The highest BCUT2D eigenvalue weighted by atomic mass is 16.5. The molecule has 0 aromatic heterocycles. The van der Waals surface area contributed by atoms with Crippen LogP contribution in [0.15, 0.2) is 18.2 Å². The van der Waals surface area contributed by atoms with Gasteiger partial charge in [0, 0.05) is 12.1 Å².